The predicted octanol–water partition coefficient (Wildman–Crippen LogP) is 2.73. The fraction of sp³-hybridized carbons (Fsp3) is 0.320. The van der Waals surface area contributed by atoms with Crippen molar-refractivity contribution in [2.24, 2.45) is 0 Å². The molecule has 1 heterocycles. The number of carbonyl (C=O) groups excluding carboxylic acids is 1. The van der Waals surface area contributed by atoms with Crippen molar-refractivity contribution in [3.63, 3.8) is 0 Å². The number of nitrogens with one attached hydrogen (secondary N) is 2. The van der Waals surface area contributed by atoms with E-state index < -0.39 is 0 Å². The Bertz CT molecular complexity index is 1020. The molecule has 0 aliphatic carbocycles. The molecule has 0 spiro atoms. The minimum Gasteiger partial charge on any atom is -0.493 e. The molecule has 1 atom stereocenters. The summed E-state index contributed by atoms with van der Waals surface area (Å²) in [5, 5.41) is 3.08. The third-order valence-corrected chi connectivity index (χ3v) is 5.63. The van der Waals surface area contributed by atoms with Gasteiger partial charge in [-0.1, -0.05) is 0 Å². The molecule has 0 saturated carbocycles. The quantitative estimate of drug-likeness (QED) is 0.587. The number of carbonyl (C=O) groups is 1. The zero-order valence-electron chi connectivity index (χ0n) is 19.2. The lowest BCUT2D eigenvalue weighted by atomic mass is 10.0. The van der Waals surface area contributed by atoms with Crippen LogP contribution in [0.5, 0.6) is 11.5 Å². The van der Waals surface area contributed by atoms with Gasteiger partial charge in [-0.05, 0) is 68.4 Å². The number of quaternary nitrogens is 1. The number of rotatable bonds is 8. The van der Waals surface area contributed by atoms with E-state index in [-0.39, 0.29) is 11.9 Å². The van der Waals surface area contributed by atoms with Gasteiger partial charge in [0.05, 0.1) is 34.9 Å². The van der Waals surface area contributed by atoms with Gasteiger partial charge < -0.3 is 24.3 Å². The number of amides is 1. The van der Waals surface area contributed by atoms with E-state index in [0.29, 0.717) is 23.6 Å². The Hall–Kier alpha value is -3.25. The van der Waals surface area contributed by atoms with Gasteiger partial charge in [0.2, 0.25) is 0 Å². The van der Waals surface area contributed by atoms with E-state index in [2.05, 4.69) is 50.0 Å². The number of aryl methyl sites for hydroxylation is 2. The van der Waals surface area contributed by atoms with E-state index in [1.807, 2.05) is 42.5 Å². The van der Waals surface area contributed by atoms with Crippen LogP contribution in [0.3, 0.4) is 0 Å². The highest BCUT2D eigenvalue weighted by molar-refractivity contribution is 5.94. The Morgan fingerprint density at radius 2 is 1.55 bits per heavy atom. The number of nitrogens with zero attached hydrogens (tertiary/aromatic N) is 1. The van der Waals surface area contributed by atoms with Gasteiger partial charge in [0.15, 0.2) is 11.5 Å². The number of methoxy groups -OCH3 is 2. The molecule has 31 heavy (non-hydrogen) atoms. The van der Waals surface area contributed by atoms with Crippen LogP contribution in [-0.4, -0.2) is 45.3 Å². The fourth-order valence-corrected chi connectivity index (χ4v) is 3.86. The summed E-state index contributed by atoms with van der Waals surface area (Å²) < 4.78 is 12.9. The summed E-state index contributed by atoms with van der Waals surface area (Å²) >= 11 is 0. The van der Waals surface area contributed by atoms with E-state index in [1.165, 1.54) is 16.3 Å². The van der Waals surface area contributed by atoms with E-state index in [0.717, 1.165) is 11.3 Å². The first-order chi connectivity index (χ1) is 14.8. The molecule has 2 aromatic carbocycles. The van der Waals surface area contributed by atoms with Crippen molar-refractivity contribution in [2.75, 3.05) is 34.9 Å². The van der Waals surface area contributed by atoms with E-state index in [1.54, 1.807) is 14.2 Å². The van der Waals surface area contributed by atoms with Crippen LogP contribution in [0.15, 0.2) is 54.6 Å². The van der Waals surface area contributed by atoms with Crippen LogP contribution >= 0.6 is 0 Å². The highest BCUT2D eigenvalue weighted by atomic mass is 16.5. The van der Waals surface area contributed by atoms with E-state index in [4.69, 9.17) is 9.47 Å². The Labute approximate surface area is 184 Å². The van der Waals surface area contributed by atoms with Crippen molar-refractivity contribution in [3.8, 4) is 17.2 Å². The zero-order valence-corrected chi connectivity index (χ0v) is 19.2. The fourth-order valence-electron chi connectivity index (χ4n) is 3.86. The third-order valence-electron chi connectivity index (χ3n) is 5.63. The van der Waals surface area contributed by atoms with Crippen LogP contribution < -0.4 is 19.7 Å². The van der Waals surface area contributed by atoms with Crippen molar-refractivity contribution in [1.29, 1.82) is 0 Å². The van der Waals surface area contributed by atoms with Crippen molar-refractivity contribution in [2.45, 2.75) is 19.9 Å². The summed E-state index contributed by atoms with van der Waals surface area (Å²) in [6, 6.07) is 17.9. The molecular weight excluding hydrogens is 390 g/mol. The molecule has 0 aliphatic rings. The average molecular weight is 423 g/mol. The Morgan fingerprint density at radius 3 is 2.10 bits per heavy atom. The average Bonchev–Trinajstić information content (AvgIpc) is 3.11. The SMILES string of the molecule is COc1ccc([C@H](CNC(=O)c2ccc(-n3c(C)ccc3C)cc2)[NH+](C)C)cc1OC. The van der Waals surface area contributed by atoms with Crippen LogP contribution in [0, 0.1) is 13.8 Å². The minimum absolute atomic E-state index is 0.0770. The van der Waals surface area contributed by atoms with Crippen LogP contribution in [-0.2, 0) is 0 Å². The summed E-state index contributed by atoms with van der Waals surface area (Å²) in [5.74, 6) is 1.29. The molecule has 0 radical (unpaired) electrons. The van der Waals surface area contributed by atoms with E-state index in [9.17, 15) is 4.79 Å². The van der Waals surface area contributed by atoms with Crippen molar-refractivity contribution in [1.82, 2.24) is 9.88 Å². The Morgan fingerprint density at radius 1 is 0.935 bits per heavy atom. The van der Waals surface area contributed by atoms with Gasteiger partial charge in [0.1, 0.15) is 6.04 Å². The second-order valence-corrected chi connectivity index (χ2v) is 7.95. The van der Waals surface area contributed by atoms with Gasteiger partial charge in [-0.2, -0.15) is 0 Å². The first kappa shape index (κ1) is 22.4. The summed E-state index contributed by atoms with van der Waals surface area (Å²) in [6.07, 6.45) is 0. The predicted molar refractivity (Wildman–Crippen MR) is 123 cm³/mol. The molecule has 164 valence electrons. The zero-order chi connectivity index (χ0) is 22.5. The summed E-state index contributed by atoms with van der Waals surface area (Å²) in [7, 11) is 7.39. The number of hydrogen-bond donors (Lipinski definition) is 2. The molecule has 0 fully saturated rings. The van der Waals surface area contributed by atoms with Gasteiger partial charge in [-0.25, -0.2) is 0 Å². The molecule has 0 bridgehead atoms. The van der Waals surface area contributed by atoms with Gasteiger partial charge in [-0.3, -0.25) is 4.79 Å². The van der Waals surface area contributed by atoms with Crippen LogP contribution in [0.1, 0.15) is 33.4 Å². The van der Waals surface area contributed by atoms with Crippen molar-refractivity contribution < 1.29 is 19.2 Å². The molecule has 2 N–H and O–H groups in total. The van der Waals surface area contributed by atoms with Gasteiger partial charge in [-0.15, -0.1) is 0 Å². The van der Waals surface area contributed by atoms with Gasteiger partial charge in [0.25, 0.3) is 5.91 Å². The maximum absolute atomic E-state index is 12.8. The molecule has 3 rings (SSSR count). The largest absolute Gasteiger partial charge is 0.493 e. The molecule has 0 unspecified atom stereocenters. The first-order valence-electron chi connectivity index (χ1n) is 10.4. The molecule has 6 heteroatoms. The standard InChI is InChI=1S/C25H31N3O3/c1-17-7-8-18(2)28(17)21-12-9-19(10-13-21)25(29)26-16-22(27(3)4)20-11-14-23(30-5)24(15-20)31-6/h7-15,22H,16H2,1-6H3,(H,26,29)/p+1/t22-/m0/s1. The molecular formula is C25H32N3O3+. The number of benzene rings is 2. The smallest absolute Gasteiger partial charge is 0.251 e. The third kappa shape index (κ3) is 4.91. The lowest BCUT2D eigenvalue weighted by molar-refractivity contribution is -0.890. The van der Waals surface area contributed by atoms with Crippen LogP contribution in [0.4, 0.5) is 0 Å². The van der Waals surface area contributed by atoms with E-state index >= 15 is 0 Å². The number of aromatic nitrogens is 1. The van der Waals surface area contributed by atoms with Gasteiger partial charge >= 0.3 is 0 Å². The van der Waals surface area contributed by atoms with Gasteiger partial charge in [0, 0.05) is 28.2 Å². The highest BCUT2D eigenvalue weighted by Crippen LogP contribution is 2.29. The molecule has 0 aliphatic heterocycles. The summed E-state index contributed by atoms with van der Waals surface area (Å²) in [4.78, 5) is 14.0. The Kier molecular flexibility index (Phi) is 7.02. The highest BCUT2D eigenvalue weighted by Gasteiger charge is 2.21. The Balaban J connectivity index is 1.72. The topological polar surface area (TPSA) is 56.9 Å². The lowest BCUT2D eigenvalue weighted by Gasteiger charge is -2.23. The number of hydrogen-bond acceptors (Lipinski definition) is 3. The monoisotopic (exact) mass is 422 g/mol. The second-order valence-electron chi connectivity index (χ2n) is 7.95. The summed E-state index contributed by atoms with van der Waals surface area (Å²) in [6.45, 7) is 4.66. The van der Waals surface area contributed by atoms with Crippen LogP contribution in [0.2, 0.25) is 0 Å². The maximum atomic E-state index is 12.8. The second kappa shape index (κ2) is 9.71. The molecule has 0 saturated heterocycles. The minimum atomic E-state index is -0.0840. The summed E-state index contributed by atoms with van der Waals surface area (Å²) in [5.41, 5.74) is 5.11. The molecule has 1 aromatic heterocycles. The maximum Gasteiger partial charge on any atom is 0.251 e. The van der Waals surface area contributed by atoms with Crippen molar-refractivity contribution in [3.05, 3.63) is 77.1 Å². The van der Waals surface area contributed by atoms with Crippen molar-refractivity contribution >= 4 is 5.91 Å². The lowest BCUT2D eigenvalue weighted by Crippen LogP contribution is -3.07. The van der Waals surface area contributed by atoms with Crippen LogP contribution in [0.25, 0.3) is 5.69 Å². The number of ether oxygens (including phenoxy) is 2. The molecule has 1 amide bonds. The first-order valence-corrected chi connectivity index (χ1v) is 10.4. The number of likely N-dealkylation sites (N-methyl/N-ethyl adjacent to an activating group) is 1. The normalized spacial score (nSPS) is 12.0. The molecule has 6 nitrogen and oxygen atoms in total. The molecule has 3 aromatic rings.